The fraction of sp³-hybridized carbons (Fsp3) is 0.500. The zero-order valence-electron chi connectivity index (χ0n) is 18.4. The second kappa shape index (κ2) is 9.69. The van der Waals surface area contributed by atoms with Crippen LogP contribution in [0.15, 0.2) is 38.6 Å². The maximum atomic E-state index is 12.9. The van der Waals surface area contributed by atoms with Crippen LogP contribution < -0.4 is 4.72 Å². The van der Waals surface area contributed by atoms with Gasteiger partial charge in [0.1, 0.15) is 10.6 Å². The Labute approximate surface area is 188 Å². The van der Waals surface area contributed by atoms with E-state index in [1.807, 2.05) is 6.92 Å². The van der Waals surface area contributed by atoms with Gasteiger partial charge in [-0.1, -0.05) is 22.9 Å². The molecule has 32 heavy (non-hydrogen) atoms. The molecule has 0 unspecified atom stereocenters. The van der Waals surface area contributed by atoms with Crippen LogP contribution in [-0.2, 0) is 24.8 Å². The van der Waals surface area contributed by atoms with Gasteiger partial charge in [-0.3, -0.25) is 4.79 Å². The lowest BCUT2D eigenvalue weighted by atomic mass is 10.2. The highest BCUT2D eigenvalue weighted by Crippen LogP contribution is 2.20. The fourth-order valence-electron chi connectivity index (χ4n) is 3.62. The van der Waals surface area contributed by atoms with E-state index in [0.717, 1.165) is 5.56 Å². The maximum Gasteiger partial charge on any atom is 0.245 e. The van der Waals surface area contributed by atoms with E-state index < -0.39 is 20.0 Å². The number of benzene rings is 1. The van der Waals surface area contributed by atoms with E-state index in [1.165, 1.54) is 18.2 Å². The van der Waals surface area contributed by atoms with Crippen molar-refractivity contribution < 1.29 is 26.2 Å². The van der Waals surface area contributed by atoms with Gasteiger partial charge in [0.2, 0.25) is 26.0 Å². The van der Waals surface area contributed by atoms with Crippen molar-refractivity contribution in [2.45, 2.75) is 43.4 Å². The third-order valence-electron chi connectivity index (χ3n) is 5.33. The topological polar surface area (TPSA) is 130 Å². The Morgan fingerprint density at radius 2 is 1.72 bits per heavy atom. The Bertz CT molecular complexity index is 1150. The minimum Gasteiger partial charge on any atom is -0.360 e. The number of aromatic nitrogens is 1. The van der Waals surface area contributed by atoms with Crippen LogP contribution in [0.4, 0.5) is 0 Å². The summed E-state index contributed by atoms with van der Waals surface area (Å²) in [6, 6.07) is 6.68. The molecule has 3 rings (SSSR count). The first-order valence-electron chi connectivity index (χ1n) is 10.3. The summed E-state index contributed by atoms with van der Waals surface area (Å²) in [5.41, 5.74) is 1.23. The van der Waals surface area contributed by atoms with Crippen molar-refractivity contribution in [2.75, 3.05) is 32.7 Å². The first-order valence-corrected chi connectivity index (χ1v) is 13.2. The van der Waals surface area contributed by atoms with Crippen molar-refractivity contribution >= 4 is 26.0 Å². The highest BCUT2D eigenvalue weighted by Gasteiger charge is 2.29. The van der Waals surface area contributed by atoms with Crippen molar-refractivity contribution in [1.29, 1.82) is 0 Å². The molecular formula is C20H28N4O6S2. The first kappa shape index (κ1) is 24.4. The minimum atomic E-state index is -3.84. The molecule has 1 N–H and O–H groups in total. The summed E-state index contributed by atoms with van der Waals surface area (Å²) in [7, 11) is -7.47. The van der Waals surface area contributed by atoms with E-state index in [4.69, 9.17) is 4.52 Å². The van der Waals surface area contributed by atoms with Crippen molar-refractivity contribution in [3.63, 3.8) is 0 Å². The smallest absolute Gasteiger partial charge is 0.245 e. The summed E-state index contributed by atoms with van der Waals surface area (Å²) in [6.07, 6.45) is 0.467. The van der Waals surface area contributed by atoms with Gasteiger partial charge in [0.25, 0.3) is 0 Å². The molecule has 1 amide bonds. The van der Waals surface area contributed by atoms with Gasteiger partial charge in [0.05, 0.1) is 4.90 Å². The van der Waals surface area contributed by atoms with Gasteiger partial charge in [-0.25, -0.2) is 21.6 Å². The molecule has 0 saturated carbocycles. The van der Waals surface area contributed by atoms with Gasteiger partial charge in [0.15, 0.2) is 5.76 Å². The molecule has 0 spiro atoms. The molecule has 2 aromatic rings. The molecule has 2 heterocycles. The van der Waals surface area contributed by atoms with E-state index >= 15 is 0 Å². The van der Waals surface area contributed by atoms with E-state index in [9.17, 15) is 21.6 Å². The van der Waals surface area contributed by atoms with Gasteiger partial charge >= 0.3 is 0 Å². The van der Waals surface area contributed by atoms with Crippen LogP contribution in [-0.4, -0.2) is 69.8 Å². The lowest BCUT2D eigenvalue weighted by molar-refractivity contribution is -0.130. The van der Waals surface area contributed by atoms with Gasteiger partial charge in [-0.05, 0) is 39.3 Å². The average molecular weight is 485 g/mol. The normalized spacial score (nSPS) is 16.2. The molecule has 12 heteroatoms. The van der Waals surface area contributed by atoms with Crippen LogP contribution in [0.2, 0.25) is 0 Å². The van der Waals surface area contributed by atoms with Crippen molar-refractivity contribution in [2.24, 2.45) is 0 Å². The molecule has 1 aliphatic heterocycles. The predicted octanol–water partition coefficient (Wildman–Crippen LogP) is 1.19. The lowest BCUT2D eigenvalue weighted by Crippen LogP contribution is -2.38. The highest BCUT2D eigenvalue weighted by molar-refractivity contribution is 7.89. The molecular weight excluding hydrogens is 456 g/mol. The Kier molecular flexibility index (Phi) is 7.38. The van der Waals surface area contributed by atoms with Gasteiger partial charge in [0, 0.05) is 39.1 Å². The number of rotatable bonds is 7. The second-order valence-electron chi connectivity index (χ2n) is 7.75. The fourth-order valence-corrected chi connectivity index (χ4v) is 6.45. The van der Waals surface area contributed by atoms with Crippen molar-refractivity contribution in [1.82, 2.24) is 19.1 Å². The van der Waals surface area contributed by atoms with E-state index in [0.29, 0.717) is 19.5 Å². The number of carbonyl (C=O) groups excluding carboxylic acids is 1. The monoisotopic (exact) mass is 484 g/mol. The number of amides is 1. The van der Waals surface area contributed by atoms with E-state index in [2.05, 4.69) is 9.88 Å². The predicted molar refractivity (Wildman–Crippen MR) is 117 cm³/mol. The van der Waals surface area contributed by atoms with Crippen LogP contribution in [0.5, 0.6) is 0 Å². The molecule has 1 aliphatic rings. The zero-order chi connectivity index (χ0) is 23.5. The number of hydrogen-bond donors (Lipinski definition) is 1. The summed E-state index contributed by atoms with van der Waals surface area (Å²) < 4.78 is 59.4. The summed E-state index contributed by atoms with van der Waals surface area (Å²) in [5, 5.41) is 3.64. The number of hydrogen-bond acceptors (Lipinski definition) is 7. The SMILES string of the molecule is Cc1ccc(S(=O)(=O)N2CCCN(C(=O)CCNS(=O)(=O)c3c(C)noc3C)CC2)cc1. The summed E-state index contributed by atoms with van der Waals surface area (Å²) in [4.78, 5) is 14.4. The molecule has 1 aromatic heterocycles. The molecule has 1 saturated heterocycles. The summed E-state index contributed by atoms with van der Waals surface area (Å²) in [5.74, 6) is -0.0511. The molecule has 176 valence electrons. The molecule has 0 aliphatic carbocycles. The lowest BCUT2D eigenvalue weighted by Gasteiger charge is -2.22. The Hall–Kier alpha value is -2.28. The number of nitrogens with zero attached hydrogens (tertiary/aromatic N) is 3. The summed E-state index contributed by atoms with van der Waals surface area (Å²) >= 11 is 0. The van der Waals surface area contributed by atoms with Gasteiger partial charge in [-0.2, -0.15) is 4.31 Å². The molecule has 1 fully saturated rings. The van der Waals surface area contributed by atoms with Crippen LogP contribution in [0.25, 0.3) is 0 Å². The number of nitrogens with one attached hydrogen (secondary N) is 1. The van der Waals surface area contributed by atoms with Crippen molar-refractivity contribution in [3.8, 4) is 0 Å². The van der Waals surface area contributed by atoms with Crippen LogP contribution in [0, 0.1) is 20.8 Å². The average Bonchev–Trinajstić information content (AvgIpc) is 2.92. The number of aryl methyl sites for hydroxylation is 3. The minimum absolute atomic E-state index is 0.0170. The van der Waals surface area contributed by atoms with Gasteiger partial charge < -0.3 is 9.42 Å². The molecule has 0 bridgehead atoms. The van der Waals surface area contributed by atoms with Crippen LogP contribution in [0.3, 0.4) is 0 Å². The highest BCUT2D eigenvalue weighted by atomic mass is 32.2. The largest absolute Gasteiger partial charge is 0.360 e. The maximum absolute atomic E-state index is 12.9. The Morgan fingerprint density at radius 3 is 2.34 bits per heavy atom. The van der Waals surface area contributed by atoms with Crippen LogP contribution >= 0.6 is 0 Å². The standard InChI is InChI=1S/C20H28N4O6S2/c1-15-5-7-18(8-6-15)32(28,29)24-12-4-11-23(13-14-24)19(25)9-10-21-31(26,27)20-16(2)22-30-17(20)3/h5-8,21H,4,9-14H2,1-3H3. The summed E-state index contributed by atoms with van der Waals surface area (Å²) in [6.45, 7) is 6.02. The van der Waals surface area contributed by atoms with Crippen molar-refractivity contribution in [3.05, 3.63) is 41.3 Å². The third kappa shape index (κ3) is 5.37. The van der Waals surface area contributed by atoms with Crippen LogP contribution in [0.1, 0.15) is 29.9 Å². The molecule has 0 atom stereocenters. The zero-order valence-corrected chi connectivity index (χ0v) is 20.0. The second-order valence-corrected chi connectivity index (χ2v) is 11.4. The molecule has 10 nitrogen and oxygen atoms in total. The van der Waals surface area contributed by atoms with Gasteiger partial charge in [-0.15, -0.1) is 0 Å². The first-order chi connectivity index (χ1) is 15.0. The molecule has 1 aromatic carbocycles. The Balaban J connectivity index is 1.56. The Morgan fingerprint density at radius 1 is 1.03 bits per heavy atom. The van der Waals surface area contributed by atoms with E-state index in [-0.39, 0.29) is 53.2 Å². The van der Waals surface area contributed by atoms with E-state index in [1.54, 1.807) is 29.2 Å². The quantitative estimate of drug-likeness (QED) is 0.625. The third-order valence-corrected chi connectivity index (χ3v) is 8.95. The molecule has 0 radical (unpaired) electrons. The number of sulfonamides is 2. The number of carbonyl (C=O) groups is 1.